The fraction of sp³-hybridized carbons (Fsp3) is 0.381. The van der Waals surface area contributed by atoms with E-state index in [1.54, 1.807) is 4.90 Å². The Labute approximate surface area is 184 Å². The first kappa shape index (κ1) is 21.4. The highest BCUT2D eigenvalue weighted by Crippen LogP contribution is 2.33. The molecule has 0 aromatic heterocycles. The Morgan fingerprint density at radius 1 is 1.13 bits per heavy atom. The largest absolute Gasteiger partial charge is 0.454 e. The summed E-state index contributed by atoms with van der Waals surface area (Å²) in [5, 5.41) is 11.2. The van der Waals surface area contributed by atoms with E-state index < -0.39 is 4.92 Å². The number of nitro benzene ring substituents is 1. The molecule has 2 aromatic rings. The number of hydrogen-bond acceptors (Lipinski definition) is 7. The Hall–Kier alpha value is -2.88. The van der Waals surface area contributed by atoms with Crippen molar-refractivity contribution in [1.82, 2.24) is 9.80 Å². The minimum Gasteiger partial charge on any atom is -0.454 e. The van der Waals surface area contributed by atoms with Crippen molar-refractivity contribution in [1.29, 1.82) is 0 Å². The minimum atomic E-state index is -0.588. The van der Waals surface area contributed by atoms with Gasteiger partial charge in [0.15, 0.2) is 11.5 Å². The van der Waals surface area contributed by atoms with Crippen molar-refractivity contribution < 1.29 is 23.9 Å². The molecule has 0 N–H and O–H groups in total. The Morgan fingerprint density at radius 3 is 2.68 bits per heavy atom. The fourth-order valence-corrected chi connectivity index (χ4v) is 3.75. The first-order valence-corrected chi connectivity index (χ1v) is 10.3. The Morgan fingerprint density at radius 2 is 1.90 bits per heavy atom. The number of halogens is 1. The molecule has 2 aliphatic rings. The summed E-state index contributed by atoms with van der Waals surface area (Å²) >= 11 is 5.91. The van der Waals surface area contributed by atoms with Crippen LogP contribution in [0.2, 0.25) is 5.02 Å². The summed E-state index contributed by atoms with van der Waals surface area (Å²) in [6.45, 7) is 4.58. The fourth-order valence-electron chi connectivity index (χ4n) is 3.57. The predicted molar refractivity (Wildman–Crippen MR) is 113 cm³/mol. The van der Waals surface area contributed by atoms with Crippen LogP contribution in [0.3, 0.4) is 0 Å². The molecule has 4 rings (SSSR count). The van der Waals surface area contributed by atoms with E-state index in [4.69, 9.17) is 25.8 Å². The van der Waals surface area contributed by atoms with E-state index in [1.165, 1.54) is 18.2 Å². The van der Waals surface area contributed by atoms with Crippen LogP contribution in [0.1, 0.15) is 15.9 Å². The lowest BCUT2D eigenvalue weighted by atomic mass is 10.1. The van der Waals surface area contributed by atoms with E-state index in [1.807, 2.05) is 18.2 Å². The third-order valence-electron chi connectivity index (χ3n) is 5.28. The van der Waals surface area contributed by atoms with Gasteiger partial charge in [-0.2, -0.15) is 0 Å². The van der Waals surface area contributed by atoms with E-state index in [2.05, 4.69) is 4.90 Å². The summed E-state index contributed by atoms with van der Waals surface area (Å²) in [6.07, 6.45) is 0. The summed E-state index contributed by atoms with van der Waals surface area (Å²) in [7, 11) is 0. The number of ether oxygens (including phenoxy) is 3. The molecule has 0 atom stereocenters. The zero-order valence-electron chi connectivity index (χ0n) is 16.8. The molecule has 2 aliphatic heterocycles. The van der Waals surface area contributed by atoms with Crippen molar-refractivity contribution in [2.75, 3.05) is 46.2 Å². The van der Waals surface area contributed by atoms with Gasteiger partial charge in [0.2, 0.25) is 6.79 Å². The molecule has 2 aromatic carbocycles. The number of morpholine rings is 1. The second-order valence-electron chi connectivity index (χ2n) is 7.29. The highest BCUT2D eigenvalue weighted by molar-refractivity contribution is 6.32. The Balaban J connectivity index is 1.55. The van der Waals surface area contributed by atoms with Gasteiger partial charge in [-0.05, 0) is 29.8 Å². The highest BCUT2D eigenvalue weighted by atomic mass is 35.5. The number of amides is 1. The van der Waals surface area contributed by atoms with E-state index in [0.717, 1.165) is 18.7 Å². The van der Waals surface area contributed by atoms with E-state index >= 15 is 0 Å². The van der Waals surface area contributed by atoms with Crippen molar-refractivity contribution in [3.8, 4) is 11.5 Å². The molecular weight excluding hydrogens is 426 g/mol. The number of nitro groups is 1. The normalized spacial score (nSPS) is 15.6. The molecule has 0 unspecified atom stereocenters. The lowest BCUT2D eigenvalue weighted by Gasteiger charge is -2.30. The van der Waals surface area contributed by atoms with Gasteiger partial charge in [-0.1, -0.05) is 17.7 Å². The predicted octanol–water partition coefficient (Wildman–Crippen LogP) is 2.95. The summed E-state index contributed by atoms with van der Waals surface area (Å²) in [5.41, 5.74) is 0.811. The zero-order valence-corrected chi connectivity index (χ0v) is 17.5. The summed E-state index contributed by atoms with van der Waals surface area (Å²) in [4.78, 5) is 27.9. The van der Waals surface area contributed by atoms with Crippen molar-refractivity contribution in [3.05, 3.63) is 62.7 Å². The second-order valence-corrected chi connectivity index (χ2v) is 7.70. The molecule has 0 saturated carbocycles. The monoisotopic (exact) mass is 447 g/mol. The van der Waals surface area contributed by atoms with Gasteiger partial charge in [0.1, 0.15) is 5.02 Å². The Bertz CT molecular complexity index is 980. The number of benzene rings is 2. The first-order valence-electron chi connectivity index (χ1n) is 9.93. The molecule has 1 amide bonds. The molecule has 164 valence electrons. The van der Waals surface area contributed by atoms with Gasteiger partial charge in [0, 0.05) is 44.4 Å². The summed E-state index contributed by atoms with van der Waals surface area (Å²) in [5.74, 6) is 1.01. The number of fused-ring (bicyclic) bond motifs is 1. The number of rotatable bonds is 7. The molecule has 1 fully saturated rings. The SMILES string of the molecule is O=C(c1ccc(Cl)c([N+](=O)[O-])c1)N(CCN1CCOCC1)Cc1ccc2c(c1)OCO2. The van der Waals surface area contributed by atoms with E-state index in [9.17, 15) is 14.9 Å². The quantitative estimate of drug-likeness (QED) is 0.475. The van der Waals surface area contributed by atoms with Crippen molar-refractivity contribution in [2.24, 2.45) is 0 Å². The molecule has 2 heterocycles. The average molecular weight is 448 g/mol. The van der Waals surface area contributed by atoms with Crippen LogP contribution in [-0.2, 0) is 11.3 Å². The van der Waals surface area contributed by atoms with E-state index in [-0.39, 0.29) is 29.0 Å². The molecule has 9 nitrogen and oxygen atoms in total. The molecule has 10 heteroatoms. The summed E-state index contributed by atoms with van der Waals surface area (Å²) < 4.78 is 16.2. The zero-order chi connectivity index (χ0) is 21.8. The van der Waals surface area contributed by atoms with Crippen molar-refractivity contribution >= 4 is 23.2 Å². The number of carbonyl (C=O) groups is 1. The van der Waals surface area contributed by atoms with Crippen LogP contribution in [0.15, 0.2) is 36.4 Å². The minimum absolute atomic E-state index is 0.00260. The van der Waals surface area contributed by atoms with Crippen LogP contribution >= 0.6 is 11.6 Å². The van der Waals surface area contributed by atoms with Gasteiger partial charge in [0.25, 0.3) is 11.6 Å². The topological polar surface area (TPSA) is 94.4 Å². The molecular formula is C21H22ClN3O6. The van der Waals surface area contributed by atoms with Gasteiger partial charge < -0.3 is 19.1 Å². The van der Waals surface area contributed by atoms with Gasteiger partial charge in [-0.25, -0.2) is 0 Å². The van der Waals surface area contributed by atoms with Crippen molar-refractivity contribution in [2.45, 2.75) is 6.54 Å². The molecule has 0 spiro atoms. The molecule has 31 heavy (non-hydrogen) atoms. The molecule has 0 radical (unpaired) electrons. The molecule has 0 bridgehead atoms. The highest BCUT2D eigenvalue weighted by Gasteiger charge is 2.23. The first-order chi connectivity index (χ1) is 15.0. The standard InChI is InChI=1S/C21H22ClN3O6/c22-17-3-2-16(12-18(17)25(27)28)21(26)24(6-5-23-7-9-29-10-8-23)13-15-1-4-19-20(11-15)31-14-30-19/h1-4,11-12H,5-10,13-14H2. The van der Waals surface area contributed by atoms with Gasteiger partial charge in [-0.15, -0.1) is 0 Å². The maximum atomic E-state index is 13.3. The van der Waals surface area contributed by atoms with Crippen LogP contribution in [0.5, 0.6) is 11.5 Å². The third-order valence-corrected chi connectivity index (χ3v) is 5.60. The van der Waals surface area contributed by atoms with Gasteiger partial charge >= 0.3 is 0 Å². The molecule has 1 saturated heterocycles. The van der Waals surface area contributed by atoms with Crippen molar-refractivity contribution in [3.63, 3.8) is 0 Å². The average Bonchev–Trinajstić information content (AvgIpc) is 3.25. The van der Waals surface area contributed by atoms with Gasteiger partial charge in [-0.3, -0.25) is 19.8 Å². The number of nitrogens with zero attached hydrogens (tertiary/aromatic N) is 3. The number of hydrogen-bond donors (Lipinski definition) is 0. The maximum Gasteiger partial charge on any atom is 0.288 e. The number of carbonyl (C=O) groups excluding carboxylic acids is 1. The van der Waals surface area contributed by atoms with Crippen LogP contribution < -0.4 is 9.47 Å². The molecule has 0 aliphatic carbocycles. The third kappa shape index (κ3) is 5.07. The Kier molecular flexibility index (Phi) is 6.55. The van der Waals surface area contributed by atoms with Crippen LogP contribution in [0.4, 0.5) is 5.69 Å². The lowest BCUT2D eigenvalue weighted by Crippen LogP contribution is -2.42. The second kappa shape index (κ2) is 9.51. The van der Waals surface area contributed by atoms with Gasteiger partial charge in [0.05, 0.1) is 18.1 Å². The smallest absolute Gasteiger partial charge is 0.288 e. The lowest BCUT2D eigenvalue weighted by molar-refractivity contribution is -0.384. The van der Waals surface area contributed by atoms with Crippen LogP contribution in [0, 0.1) is 10.1 Å². The van der Waals surface area contributed by atoms with Crippen LogP contribution in [-0.4, -0.2) is 66.8 Å². The maximum absolute atomic E-state index is 13.3. The van der Waals surface area contributed by atoms with Crippen LogP contribution in [0.25, 0.3) is 0 Å². The summed E-state index contributed by atoms with van der Waals surface area (Å²) in [6, 6.07) is 9.67. The van der Waals surface area contributed by atoms with E-state index in [0.29, 0.717) is 44.3 Å².